The maximum absolute atomic E-state index is 13.5. The molecule has 0 aliphatic rings. The molecule has 0 saturated heterocycles. The number of nitrogens with zero attached hydrogens (tertiary/aromatic N) is 4. The van der Waals surface area contributed by atoms with E-state index in [4.69, 9.17) is 9.47 Å². The third-order valence-electron chi connectivity index (χ3n) is 8.67. The van der Waals surface area contributed by atoms with Gasteiger partial charge in [0.2, 0.25) is 0 Å². The highest BCUT2D eigenvalue weighted by atomic mass is 35.5. The number of aliphatic hydroxyl groups is 2. The zero-order valence-electron chi connectivity index (χ0n) is 30.4. The second-order valence-electron chi connectivity index (χ2n) is 11.9. The van der Waals surface area contributed by atoms with Crippen LogP contribution in [0.2, 0.25) is 0 Å². The van der Waals surface area contributed by atoms with Gasteiger partial charge >= 0.3 is 23.8 Å². The molecule has 0 bridgehead atoms. The number of hydrogen-bond acceptors (Lipinski definition) is 12. The molecule has 0 fully saturated rings. The summed E-state index contributed by atoms with van der Waals surface area (Å²) in [5.41, 5.74) is 0.529. The van der Waals surface area contributed by atoms with Crippen molar-refractivity contribution >= 4 is 47.3 Å². The van der Waals surface area contributed by atoms with Gasteiger partial charge in [0.15, 0.2) is 0 Å². The normalized spacial score (nSPS) is 12.8. The molecule has 18 heteroatoms. The van der Waals surface area contributed by atoms with E-state index in [-0.39, 0.29) is 84.4 Å². The van der Waals surface area contributed by atoms with Gasteiger partial charge in [0, 0.05) is 36.4 Å². The smallest absolute Gasteiger partial charge is 0.339 e. The lowest BCUT2D eigenvalue weighted by Crippen LogP contribution is -3.00. The van der Waals surface area contributed by atoms with Crippen LogP contribution < -0.4 is 24.8 Å². The van der Waals surface area contributed by atoms with Crippen LogP contribution in [0.15, 0.2) is 72.8 Å². The Morgan fingerprint density at radius 3 is 1.28 bits per heavy atom. The molecule has 0 saturated carbocycles. The Morgan fingerprint density at radius 1 is 0.648 bits per heavy atom. The van der Waals surface area contributed by atoms with E-state index in [1.54, 1.807) is 39.8 Å². The Morgan fingerprint density at radius 2 is 0.981 bits per heavy atom. The minimum Gasteiger partial charge on any atom is -1.00 e. The number of non-ortho nitro benzene ring substituents is 2. The Hall–Kier alpha value is -4.84. The molecule has 2 aromatic rings. The molecule has 2 amide bonds. The first-order chi connectivity index (χ1) is 24.6. The summed E-state index contributed by atoms with van der Waals surface area (Å²) in [4.78, 5) is 72.2. The molecule has 0 radical (unpaired) electrons. The predicted octanol–water partition coefficient (Wildman–Crippen LogP) is -2.63. The first-order valence-corrected chi connectivity index (χ1v) is 16.7. The number of ether oxygens (including phenoxy) is 2. The molecule has 0 spiro atoms. The Balaban J connectivity index is 0.0000140. The molecule has 0 aliphatic carbocycles. The van der Waals surface area contributed by atoms with Crippen molar-refractivity contribution in [2.75, 3.05) is 52.5 Å². The van der Waals surface area contributed by atoms with Gasteiger partial charge in [-0.3, -0.25) is 29.2 Å². The van der Waals surface area contributed by atoms with Gasteiger partial charge in [0.25, 0.3) is 11.4 Å². The molecule has 2 N–H and O–H groups in total. The average Bonchev–Trinajstić information content (AvgIpc) is 3.14. The van der Waals surface area contributed by atoms with Gasteiger partial charge in [-0.15, -0.1) is 0 Å². The van der Waals surface area contributed by atoms with Crippen molar-refractivity contribution in [1.82, 2.24) is 0 Å². The highest BCUT2D eigenvalue weighted by molar-refractivity contribution is 5.91. The van der Waals surface area contributed by atoms with Gasteiger partial charge in [-0.1, -0.05) is 24.3 Å². The summed E-state index contributed by atoms with van der Waals surface area (Å²) >= 11 is 0. The molecule has 0 heterocycles. The first kappa shape index (κ1) is 49.2. The average molecular weight is 798 g/mol. The Kier molecular flexibility index (Phi) is 21.6. The number of quaternary nitrogens is 2. The number of rotatable bonds is 20. The lowest BCUT2D eigenvalue weighted by atomic mass is 10.2. The number of esters is 2. The maximum atomic E-state index is 13.5. The zero-order valence-corrected chi connectivity index (χ0v) is 31.9. The number of nitro benzene ring substituents is 2. The monoisotopic (exact) mass is 796 g/mol. The maximum Gasteiger partial charge on any atom is 0.339 e. The van der Waals surface area contributed by atoms with E-state index in [9.17, 15) is 49.6 Å². The van der Waals surface area contributed by atoms with Crippen LogP contribution >= 0.6 is 0 Å². The Labute approximate surface area is 325 Å². The summed E-state index contributed by atoms with van der Waals surface area (Å²) in [6.45, 7) is 6.91. The third kappa shape index (κ3) is 14.9. The summed E-state index contributed by atoms with van der Waals surface area (Å²) in [6, 6.07) is 11.3. The van der Waals surface area contributed by atoms with Crippen molar-refractivity contribution in [1.29, 1.82) is 0 Å². The number of nitro groups is 2. The molecule has 0 aliphatic heterocycles. The lowest BCUT2D eigenvalue weighted by Gasteiger charge is -2.35. The fourth-order valence-electron chi connectivity index (χ4n) is 5.40. The number of halogens is 2. The van der Waals surface area contributed by atoms with Gasteiger partial charge in [-0.25, -0.2) is 19.2 Å². The molecule has 296 valence electrons. The summed E-state index contributed by atoms with van der Waals surface area (Å²) in [6.07, 6.45) is 4.63. The number of carbonyl (C=O) groups is 4. The highest BCUT2D eigenvalue weighted by Crippen LogP contribution is 2.17. The van der Waals surface area contributed by atoms with Crippen LogP contribution in [-0.4, -0.2) is 117 Å². The minimum atomic E-state index is -1.23. The SMILES string of the molecule is CC[N+](CC)(CC(O)COC(=O)/C=C/c1cccc([N+](=O)[O-])c1)C(=O)/C=C\C(=O)[N+](CC)(CC)CC(O)COC(=O)/C=C/c1cccc([N+](=O)[O-])c1.[Cl-].[Cl-]. The van der Waals surface area contributed by atoms with Gasteiger partial charge in [0.05, 0.1) is 48.2 Å². The van der Waals surface area contributed by atoms with Crippen molar-refractivity contribution in [2.24, 2.45) is 0 Å². The van der Waals surface area contributed by atoms with Crippen LogP contribution in [0.4, 0.5) is 11.4 Å². The number of amides is 2. The Bertz CT molecular complexity index is 1570. The largest absolute Gasteiger partial charge is 1.00 e. The summed E-state index contributed by atoms with van der Waals surface area (Å²) < 4.78 is 9.73. The van der Waals surface area contributed by atoms with E-state index in [2.05, 4.69) is 0 Å². The molecule has 54 heavy (non-hydrogen) atoms. The van der Waals surface area contributed by atoms with Crippen LogP contribution in [-0.2, 0) is 28.7 Å². The van der Waals surface area contributed by atoms with Gasteiger partial charge in [-0.2, -0.15) is 0 Å². The highest BCUT2D eigenvalue weighted by Gasteiger charge is 2.37. The van der Waals surface area contributed by atoms with E-state index in [0.29, 0.717) is 11.1 Å². The zero-order chi connectivity index (χ0) is 38.9. The number of benzene rings is 2. The number of aliphatic hydroxyl groups excluding tert-OH is 2. The topological polar surface area (TPSA) is 213 Å². The fourth-order valence-corrected chi connectivity index (χ4v) is 5.40. The third-order valence-corrected chi connectivity index (χ3v) is 8.67. The summed E-state index contributed by atoms with van der Waals surface area (Å²) in [5, 5.41) is 43.3. The van der Waals surface area contributed by atoms with Crippen molar-refractivity contribution in [3.05, 3.63) is 104 Å². The standard InChI is InChI=1S/C36H46N4O12.2ClH/c1-5-39(6-2,23-31(41)25-51-35(45)19-15-27-11-9-13-29(21-27)37(47)48)33(43)17-18-34(44)40(7-3,8-4)24-32(42)26-52-36(46)20-16-28-12-10-14-30(22-28)38(49)50;;/h9-22,31-32,41-42H,5-8,23-26H2,1-4H3;2*1H/q+2;;/p-2/b18-17-,19-15+,20-16+;;. The molecule has 2 unspecified atom stereocenters. The fraction of sp³-hybridized carbons (Fsp3) is 0.389. The van der Waals surface area contributed by atoms with Gasteiger partial charge < -0.3 is 44.5 Å². The molecular formula is C36H46Cl2N4O12. The van der Waals surface area contributed by atoms with E-state index < -0.39 is 59.0 Å². The molecule has 2 rings (SSSR count). The molecule has 2 atom stereocenters. The number of carbonyl (C=O) groups excluding carboxylic acids is 4. The number of hydrogen-bond donors (Lipinski definition) is 2. The lowest BCUT2D eigenvalue weighted by molar-refractivity contribution is -0.853. The van der Waals surface area contributed by atoms with Crippen molar-refractivity contribution < 1.29 is 82.5 Å². The van der Waals surface area contributed by atoms with Crippen LogP contribution in [0.3, 0.4) is 0 Å². The summed E-state index contributed by atoms with van der Waals surface area (Å²) in [7, 11) is 0. The second kappa shape index (κ2) is 23.7. The predicted molar refractivity (Wildman–Crippen MR) is 190 cm³/mol. The van der Waals surface area contributed by atoms with E-state index in [0.717, 1.165) is 24.3 Å². The van der Waals surface area contributed by atoms with Crippen LogP contribution in [0, 0.1) is 20.2 Å². The van der Waals surface area contributed by atoms with E-state index in [1.165, 1.54) is 48.6 Å². The molecule has 16 nitrogen and oxygen atoms in total. The second-order valence-corrected chi connectivity index (χ2v) is 11.9. The van der Waals surface area contributed by atoms with Crippen LogP contribution in [0.1, 0.15) is 38.8 Å². The van der Waals surface area contributed by atoms with E-state index in [1.807, 2.05) is 0 Å². The number of likely N-dealkylation sites (N-methyl/N-ethyl adjacent to an activating group) is 2. The minimum absolute atomic E-state index is 0. The molecular weight excluding hydrogens is 751 g/mol. The quantitative estimate of drug-likeness (QED) is 0.0463. The summed E-state index contributed by atoms with van der Waals surface area (Å²) in [5.74, 6) is -2.53. The van der Waals surface area contributed by atoms with Crippen LogP contribution in [0.25, 0.3) is 12.2 Å². The van der Waals surface area contributed by atoms with Gasteiger partial charge in [-0.05, 0) is 51.0 Å². The van der Waals surface area contributed by atoms with Crippen molar-refractivity contribution in [3.63, 3.8) is 0 Å². The van der Waals surface area contributed by atoms with Crippen LogP contribution in [0.5, 0.6) is 0 Å². The van der Waals surface area contributed by atoms with Crippen molar-refractivity contribution in [3.8, 4) is 0 Å². The molecule has 2 aromatic carbocycles. The van der Waals surface area contributed by atoms with E-state index >= 15 is 0 Å². The van der Waals surface area contributed by atoms with Crippen molar-refractivity contribution in [2.45, 2.75) is 39.9 Å². The van der Waals surface area contributed by atoms with Gasteiger partial charge in [0.1, 0.15) is 38.5 Å². The first-order valence-electron chi connectivity index (χ1n) is 16.7. The molecule has 0 aromatic heterocycles.